The van der Waals surface area contributed by atoms with Gasteiger partial charge < -0.3 is 10.5 Å². The zero-order valence-corrected chi connectivity index (χ0v) is 11.1. The lowest BCUT2D eigenvalue weighted by Gasteiger charge is -2.29. The van der Waals surface area contributed by atoms with E-state index in [0.717, 1.165) is 13.0 Å². The van der Waals surface area contributed by atoms with Crippen LogP contribution in [0.4, 0.5) is 0 Å². The molecule has 0 aromatic carbocycles. The van der Waals surface area contributed by atoms with Gasteiger partial charge in [0.1, 0.15) is 0 Å². The third-order valence-corrected chi connectivity index (χ3v) is 2.89. The van der Waals surface area contributed by atoms with Crippen LogP contribution in [-0.4, -0.2) is 18.8 Å². The van der Waals surface area contributed by atoms with Crippen LogP contribution < -0.4 is 5.73 Å². The zero-order valence-electron chi connectivity index (χ0n) is 11.1. The Balaban J connectivity index is 4.06. The molecule has 2 nitrogen and oxygen atoms in total. The van der Waals surface area contributed by atoms with Crippen molar-refractivity contribution in [1.82, 2.24) is 0 Å². The average Bonchev–Trinajstić information content (AvgIpc) is 2.13. The molecule has 0 bridgehead atoms. The minimum absolute atomic E-state index is 0.187. The average molecular weight is 215 g/mol. The highest BCUT2D eigenvalue weighted by Gasteiger charge is 2.22. The molecule has 3 unspecified atom stereocenters. The van der Waals surface area contributed by atoms with Gasteiger partial charge >= 0.3 is 0 Å². The van der Waals surface area contributed by atoms with Crippen LogP contribution in [0.15, 0.2) is 0 Å². The fourth-order valence-electron chi connectivity index (χ4n) is 2.21. The molecule has 0 radical (unpaired) electrons. The number of hydrogen-bond donors (Lipinski definition) is 1. The van der Waals surface area contributed by atoms with E-state index in [9.17, 15) is 0 Å². The summed E-state index contributed by atoms with van der Waals surface area (Å²) in [5.74, 6) is 1.22. The Morgan fingerprint density at radius 2 is 1.73 bits per heavy atom. The molecular formula is C13H29NO. The van der Waals surface area contributed by atoms with E-state index in [4.69, 9.17) is 10.5 Å². The smallest absolute Gasteiger partial charge is 0.0748 e. The van der Waals surface area contributed by atoms with Crippen LogP contribution >= 0.6 is 0 Å². The van der Waals surface area contributed by atoms with E-state index in [2.05, 4.69) is 27.7 Å². The second-order valence-corrected chi connectivity index (χ2v) is 4.96. The maximum atomic E-state index is 6.21. The summed E-state index contributed by atoms with van der Waals surface area (Å²) in [4.78, 5) is 0. The molecule has 3 atom stereocenters. The van der Waals surface area contributed by atoms with Gasteiger partial charge in [-0.05, 0) is 25.2 Å². The van der Waals surface area contributed by atoms with Gasteiger partial charge in [0.15, 0.2) is 0 Å². The summed E-state index contributed by atoms with van der Waals surface area (Å²) in [7, 11) is 0. The maximum Gasteiger partial charge on any atom is 0.0748 e. The molecule has 2 heteroatoms. The lowest BCUT2D eigenvalue weighted by atomic mass is 9.90. The number of hydrogen-bond acceptors (Lipinski definition) is 2. The minimum atomic E-state index is 0.187. The van der Waals surface area contributed by atoms with E-state index in [0.29, 0.717) is 11.8 Å². The molecule has 0 saturated heterocycles. The van der Waals surface area contributed by atoms with Gasteiger partial charge in [-0.15, -0.1) is 0 Å². The Morgan fingerprint density at radius 3 is 2.13 bits per heavy atom. The predicted octanol–water partition coefficient (Wildman–Crippen LogP) is 3.20. The van der Waals surface area contributed by atoms with Crippen LogP contribution in [0.5, 0.6) is 0 Å². The summed E-state index contributed by atoms with van der Waals surface area (Å²) in [5, 5.41) is 0. The molecular weight excluding hydrogens is 186 g/mol. The molecule has 0 heterocycles. The fourth-order valence-corrected chi connectivity index (χ4v) is 2.21. The highest BCUT2D eigenvalue weighted by molar-refractivity contribution is 4.78. The first-order chi connectivity index (χ1) is 7.02. The highest BCUT2D eigenvalue weighted by Crippen LogP contribution is 2.18. The van der Waals surface area contributed by atoms with Gasteiger partial charge in [0.05, 0.1) is 6.10 Å². The van der Waals surface area contributed by atoms with Crippen molar-refractivity contribution < 1.29 is 4.74 Å². The first kappa shape index (κ1) is 14.9. The van der Waals surface area contributed by atoms with E-state index in [1.807, 2.05) is 6.92 Å². The molecule has 2 N–H and O–H groups in total. The van der Waals surface area contributed by atoms with E-state index in [1.165, 1.54) is 12.8 Å². The Labute approximate surface area is 95.6 Å². The van der Waals surface area contributed by atoms with Gasteiger partial charge in [-0.3, -0.25) is 0 Å². The van der Waals surface area contributed by atoms with Gasteiger partial charge in [-0.25, -0.2) is 0 Å². The number of ether oxygens (including phenoxy) is 1. The largest absolute Gasteiger partial charge is 0.377 e. The molecule has 0 aromatic heterocycles. The first-order valence-corrected chi connectivity index (χ1v) is 6.40. The second-order valence-electron chi connectivity index (χ2n) is 4.96. The van der Waals surface area contributed by atoms with E-state index in [1.54, 1.807) is 0 Å². The van der Waals surface area contributed by atoms with Gasteiger partial charge in [-0.2, -0.15) is 0 Å². The van der Waals surface area contributed by atoms with Crippen molar-refractivity contribution in [1.29, 1.82) is 0 Å². The van der Waals surface area contributed by atoms with E-state index in [-0.39, 0.29) is 12.1 Å². The van der Waals surface area contributed by atoms with Crippen LogP contribution in [0.25, 0.3) is 0 Å². The quantitative estimate of drug-likeness (QED) is 0.675. The van der Waals surface area contributed by atoms with Crippen LogP contribution in [0.2, 0.25) is 0 Å². The standard InChI is InChI=1S/C13H29NO/c1-6-8-11(5)9-12(14)13(10(3)4)15-7-2/h10-13H,6-9,14H2,1-5H3. The predicted molar refractivity (Wildman–Crippen MR) is 66.9 cm³/mol. The Hall–Kier alpha value is -0.0800. The Morgan fingerprint density at radius 1 is 1.13 bits per heavy atom. The fraction of sp³-hybridized carbons (Fsp3) is 1.00. The van der Waals surface area contributed by atoms with Crippen molar-refractivity contribution in [3.05, 3.63) is 0 Å². The summed E-state index contributed by atoms with van der Waals surface area (Å²) in [6.07, 6.45) is 3.81. The van der Waals surface area contributed by atoms with Crippen molar-refractivity contribution in [2.75, 3.05) is 6.61 Å². The van der Waals surface area contributed by atoms with Crippen molar-refractivity contribution in [3.8, 4) is 0 Å². The molecule has 0 rings (SSSR count). The summed E-state index contributed by atoms with van der Waals surface area (Å²) in [6, 6.07) is 0.187. The third-order valence-electron chi connectivity index (χ3n) is 2.89. The molecule has 92 valence electrons. The van der Waals surface area contributed by atoms with Crippen LogP contribution in [0.3, 0.4) is 0 Å². The summed E-state index contributed by atoms with van der Waals surface area (Å²) in [5.41, 5.74) is 6.21. The lowest BCUT2D eigenvalue weighted by Crippen LogP contribution is -2.41. The minimum Gasteiger partial charge on any atom is -0.377 e. The van der Waals surface area contributed by atoms with Crippen LogP contribution in [0, 0.1) is 11.8 Å². The number of nitrogens with two attached hydrogens (primary N) is 1. The van der Waals surface area contributed by atoms with Gasteiger partial charge in [0.2, 0.25) is 0 Å². The molecule has 0 saturated carbocycles. The van der Waals surface area contributed by atoms with E-state index < -0.39 is 0 Å². The van der Waals surface area contributed by atoms with Crippen molar-refractivity contribution in [2.45, 2.75) is 66.0 Å². The van der Waals surface area contributed by atoms with Crippen molar-refractivity contribution in [3.63, 3.8) is 0 Å². The van der Waals surface area contributed by atoms with Gasteiger partial charge in [0, 0.05) is 12.6 Å². The zero-order chi connectivity index (χ0) is 11.8. The van der Waals surface area contributed by atoms with Gasteiger partial charge in [0.25, 0.3) is 0 Å². The Bertz CT molecular complexity index is 147. The monoisotopic (exact) mass is 215 g/mol. The van der Waals surface area contributed by atoms with Crippen molar-refractivity contribution >= 4 is 0 Å². The SMILES string of the molecule is CCCC(C)CC(N)C(OCC)C(C)C. The molecule has 0 aliphatic rings. The number of rotatable bonds is 8. The lowest BCUT2D eigenvalue weighted by molar-refractivity contribution is 0.00759. The topological polar surface area (TPSA) is 35.2 Å². The second kappa shape index (κ2) is 8.12. The van der Waals surface area contributed by atoms with Crippen LogP contribution in [0.1, 0.15) is 53.9 Å². The van der Waals surface area contributed by atoms with Gasteiger partial charge in [-0.1, -0.05) is 40.5 Å². The molecule has 0 spiro atoms. The molecule has 0 aliphatic carbocycles. The molecule has 0 amide bonds. The first-order valence-electron chi connectivity index (χ1n) is 6.40. The summed E-state index contributed by atoms with van der Waals surface area (Å²) < 4.78 is 5.72. The summed E-state index contributed by atoms with van der Waals surface area (Å²) in [6.45, 7) is 11.7. The summed E-state index contributed by atoms with van der Waals surface area (Å²) >= 11 is 0. The molecule has 15 heavy (non-hydrogen) atoms. The molecule has 0 fully saturated rings. The third kappa shape index (κ3) is 6.16. The normalized spacial score (nSPS) is 17.8. The van der Waals surface area contributed by atoms with Crippen LogP contribution in [-0.2, 0) is 4.74 Å². The van der Waals surface area contributed by atoms with E-state index >= 15 is 0 Å². The Kier molecular flexibility index (Phi) is 8.07. The molecule has 0 aliphatic heterocycles. The van der Waals surface area contributed by atoms with Crippen molar-refractivity contribution in [2.24, 2.45) is 17.6 Å². The molecule has 0 aromatic rings. The maximum absolute atomic E-state index is 6.21. The highest BCUT2D eigenvalue weighted by atomic mass is 16.5.